The molecule has 78 valence electrons. The molecule has 0 unspecified atom stereocenters. The molecular formula is C10H15NO3. The van der Waals surface area contributed by atoms with E-state index in [2.05, 4.69) is 0 Å². The highest BCUT2D eigenvalue weighted by Gasteiger charge is 2.16. The molecular weight excluding hydrogens is 182 g/mol. The minimum atomic E-state index is -0.634. The molecule has 1 amide bonds. The molecule has 4 heteroatoms. The molecule has 1 aliphatic rings. The molecule has 1 saturated carbocycles. The van der Waals surface area contributed by atoms with E-state index in [0.717, 1.165) is 37.8 Å². The Labute approximate surface area is 83.1 Å². The Morgan fingerprint density at radius 1 is 1.14 bits per heavy atom. The molecule has 0 aliphatic heterocycles. The smallest absolute Gasteiger partial charge is 0.331 e. The molecule has 0 radical (unpaired) electrons. The molecule has 14 heavy (non-hydrogen) atoms. The van der Waals surface area contributed by atoms with E-state index in [0.29, 0.717) is 0 Å². The van der Waals surface area contributed by atoms with E-state index in [9.17, 15) is 9.59 Å². The second-order valence-corrected chi connectivity index (χ2v) is 3.43. The molecule has 1 rings (SSSR count). The number of primary amides is 1. The summed E-state index contributed by atoms with van der Waals surface area (Å²) in [6.07, 6.45) is 7.41. The summed E-state index contributed by atoms with van der Waals surface area (Å²) in [6, 6.07) is 0. The summed E-state index contributed by atoms with van der Waals surface area (Å²) in [5, 5.41) is 0. The van der Waals surface area contributed by atoms with Gasteiger partial charge < -0.3 is 10.5 Å². The average Bonchev–Trinajstić information content (AvgIpc) is 2.16. The third-order valence-corrected chi connectivity index (χ3v) is 2.22. The SMILES string of the molecule is NC(=O)/C=C/C(=O)OC1CCCCC1. The van der Waals surface area contributed by atoms with E-state index in [1.54, 1.807) is 0 Å². The first-order chi connectivity index (χ1) is 6.68. The van der Waals surface area contributed by atoms with Crippen LogP contribution in [0.4, 0.5) is 0 Å². The first kappa shape index (κ1) is 10.8. The fraction of sp³-hybridized carbons (Fsp3) is 0.600. The van der Waals surface area contributed by atoms with Crippen molar-refractivity contribution in [3.8, 4) is 0 Å². The molecule has 0 spiro atoms. The van der Waals surface area contributed by atoms with Crippen molar-refractivity contribution in [3.05, 3.63) is 12.2 Å². The Hall–Kier alpha value is -1.32. The van der Waals surface area contributed by atoms with Gasteiger partial charge in [-0.1, -0.05) is 6.42 Å². The average molecular weight is 197 g/mol. The van der Waals surface area contributed by atoms with Gasteiger partial charge in [-0.2, -0.15) is 0 Å². The maximum absolute atomic E-state index is 11.1. The predicted molar refractivity (Wildman–Crippen MR) is 51.3 cm³/mol. The first-order valence-corrected chi connectivity index (χ1v) is 4.86. The van der Waals surface area contributed by atoms with Gasteiger partial charge in [0.05, 0.1) is 0 Å². The summed E-state index contributed by atoms with van der Waals surface area (Å²) in [7, 11) is 0. The molecule has 0 aromatic carbocycles. The standard InChI is InChI=1S/C10H15NO3/c11-9(12)6-7-10(13)14-8-4-2-1-3-5-8/h6-8H,1-5H2,(H2,11,12)/b7-6+. The molecule has 2 N–H and O–H groups in total. The van der Waals surface area contributed by atoms with E-state index >= 15 is 0 Å². The number of carbonyl (C=O) groups is 2. The van der Waals surface area contributed by atoms with Crippen molar-refractivity contribution in [2.45, 2.75) is 38.2 Å². The summed E-state index contributed by atoms with van der Waals surface area (Å²) in [4.78, 5) is 21.4. The topological polar surface area (TPSA) is 69.4 Å². The molecule has 0 bridgehead atoms. The third kappa shape index (κ3) is 4.07. The van der Waals surface area contributed by atoms with E-state index in [1.807, 2.05) is 0 Å². The number of carbonyl (C=O) groups excluding carboxylic acids is 2. The monoisotopic (exact) mass is 197 g/mol. The van der Waals surface area contributed by atoms with Gasteiger partial charge >= 0.3 is 5.97 Å². The number of amides is 1. The van der Waals surface area contributed by atoms with Crippen molar-refractivity contribution in [2.75, 3.05) is 0 Å². The fourth-order valence-corrected chi connectivity index (χ4v) is 1.54. The van der Waals surface area contributed by atoms with E-state index in [4.69, 9.17) is 10.5 Å². The van der Waals surface area contributed by atoms with Crippen LogP contribution in [0.5, 0.6) is 0 Å². The van der Waals surface area contributed by atoms with E-state index < -0.39 is 11.9 Å². The zero-order valence-electron chi connectivity index (χ0n) is 8.07. The van der Waals surface area contributed by atoms with Gasteiger partial charge in [-0.3, -0.25) is 4.79 Å². The van der Waals surface area contributed by atoms with Crippen LogP contribution < -0.4 is 5.73 Å². The number of nitrogens with two attached hydrogens (primary N) is 1. The number of hydrogen-bond acceptors (Lipinski definition) is 3. The minimum Gasteiger partial charge on any atom is -0.459 e. The Bertz CT molecular complexity index is 242. The Kier molecular flexibility index (Phi) is 4.16. The van der Waals surface area contributed by atoms with E-state index in [1.165, 1.54) is 6.42 Å². The molecule has 4 nitrogen and oxygen atoms in total. The van der Waals surface area contributed by atoms with Crippen LogP contribution in [-0.2, 0) is 14.3 Å². The van der Waals surface area contributed by atoms with Gasteiger partial charge in [-0.15, -0.1) is 0 Å². The molecule has 0 saturated heterocycles. The van der Waals surface area contributed by atoms with Crippen molar-refractivity contribution in [1.29, 1.82) is 0 Å². The normalized spacial score (nSPS) is 18.3. The second-order valence-electron chi connectivity index (χ2n) is 3.43. The van der Waals surface area contributed by atoms with Gasteiger partial charge in [-0.05, 0) is 25.7 Å². The van der Waals surface area contributed by atoms with Gasteiger partial charge in [0.15, 0.2) is 0 Å². The van der Waals surface area contributed by atoms with Gasteiger partial charge in [0.2, 0.25) is 5.91 Å². The first-order valence-electron chi connectivity index (χ1n) is 4.86. The fourth-order valence-electron chi connectivity index (χ4n) is 1.54. The molecule has 0 heterocycles. The zero-order valence-corrected chi connectivity index (χ0v) is 8.07. The van der Waals surface area contributed by atoms with Crippen molar-refractivity contribution in [2.24, 2.45) is 5.73 Å². The van der Waals surface area contributed by atoms with E-state index in [-0.39, 0.29) is 6.10 Å². The van der Waals surface area contributed by atoms with Crippen LogP contribution in [0.2, 0.25) is 0 Å². The van der Waals surface area contributed by atoms with Crippen LogP contribution in [-0.4, -0.2) is 18.0 Å². The lowest BCUT2D eigenvalue weighted by Gasteiger charge is -2.20. The number of ether oxygens (including phenoxy) is 1. The van der Waals surface area contributed by atoms with Crippen LogP contribution in [0.15, 0.2) is 12.2 Å². The number of esters is 1. The lowest BCUT2D eigenvalue weighted by molar-refractivity contribution is -0.144. The molecule has 0 aromatic rings. The van der Waals surface area contributed by atoms with Crippen LogP contribution in [0.3, 0.4) is 0 Å². The van der Waals surface area contributed by atoms with Crippen molar-refractivity contribution < 1.29 is 14.3 Å². The van der Waals surface area contributed by atoms with Crippen LogP contribution in [0.1, 0.15) is 32.1 Å². The summed E-state index contributed by atoms with van der Waals surface area (Å²) < 4.78 is 5.11. The molecule has 1 fully saturated rings. The summed E-state index contributed by atoms with van der Waals surface area (Å²) >= 11 is 0. The highest BCUT2D eigenvalue weighted by atomic mass is 16.5. The molecule has 1 aliphatic carbocycles. The van der Waals surface area contributed by atoms with Gasteiger partial charge in [0, 0.05) is 12.2 Å². The maximum atomic E-state index is 11.1. The summed E-state index contributed by atoms with van der Waals surface area (Å²) in [5.74, 6) is -1.11. The van der Waals surface area contributed by atoms with Crippen LogP contribution >= 0.6 is 0 Å². The Balaban J connectivity index is 2.28. The largest absolute Gasteiger partial charge is 0.459 e. The lowest BCUT2D eigenvalue weighted by atomic mass is 9.98. The number of hydrogen-bond donors (Lipinski definition) is 1. The van der Waals surface area contributed by atoms with Crippen molar-refractivity contribution >= 4 is 11.9 Å². The van der Waals surface area contributed by atoms with Crippen LogP contribution in [0, 0.1) is 0 Å². The van der Waals surface area contributed by atoms with Gasteiger partial charge in [0.1, 0.15) is 6.10 Å². The summed E-state index contributed by atoms with van der Waals surface area (Å²) in [5.41, 5.74) is 4.84. The van der Waals surface area contributed by atoms with Crippen molar-refractivity contribution in [1.82, 2.24) is 0 Å². The maximum Gasteiger partial charge on any atom is 0.331 e. The minimum absolute atomic E-state index is 0.0220. The quantitative estimate of drug-likeness (QED) is 0.540. The Morgan fingerprint density at radius 3 is 2.36 bits per heavy atom. The summed E-state index contributed by atoms with van der Waals surface area (Å²) in [6.45, 7) is 0. The lowest BCUT2D eigenvalue weighted by Crippen LogP contribution is -2.20. The van der Waals surface area contributed by atoms with Crippen molar-refractivity contribution in [3.63, 3.8) is 0 Å². The second kappa shape index (κ2) is 5.42. The third-order valence-electron chi connectivity index (χ3n) is 2.22. The highest BCUT2D eigenvalue weighted by molar-refractivity contribution is 5.93. The number of rotatable bonds is 3. The predicted octanol–water partition coefficient (Wildman–Crippen LogP) is 0.904. The van der Waals surface area contributed by atoms with Gasteiger partial charge in [0.25, 0.3) is 0 Å². The van der Waals surface area contributed by atoms with Gasteiger partial charge in [-0.25, -0.2) is 4.79 Å². The molecule has 0 aromatic heterocycles. The highest BCUT2D eigenvalue weighted by Crippen LogP contribution is 2.20. The Morgan fingerprint density at radius 2 is 1.79 bits per heavy atom. The zero-order chi connectivity index (χ0) is 10.4. The van der Waals surface area contributed by atoms with Crippen LogP contribution in [0.25, 0.3) is 0 Å². The molecule has 0 atom stereocenters.